The van der Waals surface area contributed by atoms with Crippen LogP contribution in [0.3, 0.4) is 0 Å². The van der Waals surface area contributed by atoms with Crippen LogP contribution in [0, 0.1) is 12.7 Å². The van der Waals surface area contributed by atoms with Gasteiger partial charge >= 0.3 is 0 Å². The first kappa shape index (κ1) is 10.3. The predicted octanol–water partition coefficient (Wildman–Crippen LogP) is 2.54. The Bertz CT molecular complexity index is 445. The number of benzene rings is 1. The first-order chi connectivity index (χ1) is 7.15. The molecule has 2 rings (SSSR count). The molecule has 3 nitrogen and oxygen atoms in total. The van der Waals surface area contributed by atoms with E-state index in [4.69, 9.17) is 0 Å². The smallest absolute Gasteiger partial charge is 0.151 e. The Morgan fingerprint density at radius 2 is 1.93 bits per heavy atom. The summed E-state index contributed by atoms with van der Waals surface area (Å²) in [5.74, 6) is -0.232. The summed E-state index contributed by atoms with van der Waals surface area (Å²) in [6.07, 6.45) is 0. The molecule has 78 valence electrons. The van der Waals surface area contributed by atoms with Crippen molar-refractivity contribution in [2.75, 3.05) is 0 Å². The lowest BCUT2D eigenvalue weighted by Crippen LogP contribution is -2.03. The zero-order chi connectivity index (χ0) is 10.8. The topological polar surface area (TPSA) is 30.7 Å². The van der Waals surface area contributed by atoms with Gasteiger partial charge in [-0.05, 0) is 40.5 Å². The molecule has 0 aliphatic heterocycles. The van der Waals surface area contributed by atoms with Crippen LogP contribution in [0.2, 0.25) is 0 Å². The van der Waals surface area contributed by atoms with Gasteiger partial charge in [-0.3, -0.25) is 0 Å². The number of aromatic nitrogens is 3. The summed E-state index contributed by atoms with van der Waals surface area (Å²) in [6.45, 7) is 2.42. The maximum atomic E-state index is 12.6. The van der Waals surface area contributed by atoms with E-state index in [-0.39, 0.29) is 5.82 Å². The molecule has 0 fully saturated rings. The van der Waals surface area contributed by atoms with Gasteiger partial charge in [-0.2, -0.15) is 9.90 Å². The van der Waals surface area contributed by atoms with Crippen LogP contribution in [-0.4, -0.2) is 15.0 Å². The average molecular weight is 270 g/mol. The van der Waals surface area contributed by atoms with Crippen molar-refractivity contribution in [1.29, 1.82) is 0 Å². The number of nitrogens with zero attached hydrogens (tertiary/aromatic N) is 3. The van der Waals surface area contributed by atoms with Crippen molar-refractivity contribution >= 4 is 15.9 Å². The maximum Gasteiger partial charge on any atom is 0.151 e. The third-order valence-electron chi connectivity index (χ3n) is 2.00. The minimum Gasteiger partial charge on any atom is -0.207 e. The molecule has 1 heterocycles. The summed E-state index contributed by atoms with van der Waals surface area (Å²) >= 11 is 3.29. The second kappa shape index (κ2) is 4.10. The van der Waals surface area contributed by atoms with Crippen molar-refractivity contribution in [3.63, 3.8) is 0 Å². The molecule has 0 aliphatic carbocycles. The number of rotatable bonds is 2. The summed E-state index contributed by atoms with van der Waals surface area (Å²) < 4.78 is 13.4. The lowest BCUT2D eigenvalue weighted by Gasteiger charge is -1.99. The maximum absolute atomic E-state index is 12.6. The van der Waals surface area contributed by atoms with E-state index in [9.17, 15) is 4.39 Å². The molecule has 0 saturated carbocycles. The number of halogens is 2. The molecule has 0 radical (unpaired) electrons. The molecule has 0 atom stereocenters. The van der Waals surface area contributed by atoms with Gasteiger partial charge in [0.05, 0.1) is 12.2 Å². The van der Waals surface area contributed by atoms with Crippen molar-refractivity contribution in [3.05, 3.63) is 45.9 Å². The molecule has 0 aliphatic rings. The van der Waals surface area contributed by atoms with E-state index >= 15 is 0 Å². The summed E-state index contributed by atoms with van der Waals surface area (Å²) in [5.41, 5.74) is 1.82. The van der Waals surface area contributed by atoms with Gasteiger partial charge in [0.1, 0.15) is 5.82 Å². The second-order valence-corrected chi connectivity index (χ2v) is 3.98. The van der Waals surface area contributed by atoms with E-state index < -0.39 is 0 Å². The van der Waals surface area contributed by atoms with Gasteiger partial charge in [0.15, 0.2) is 4.60 Å². The Balaban J connectivity index is 2.18. The zero-order valence-corrected chi connectivity index (χ0v) is 9.70. The Hall–Kier alpha value is -1.23. The molecule has 0 saturated heterocycles. The molecule has 1 aromatic heterocycles. The number of hydrogen-bond acceptors (Lipinski definition) is 2. The Kier molecular flexibility index (Phi) is 2.81. The lowest BCUT2D eigenvalue weighted by atomic mass is 10.2. The van der Waals surface area contributed by atoms with Gasteiger partial charge in [0, 0.05) is 0 Å². The Morgan fingerprint density at radius 3 is 2.47 bits per heavy atom. The molecular formula is C10H9BrFN3. The van der Waals surface area contributed by atoms with Gasteiger partial charge in [0.2, 0.25) is 0 Å². The summed E-state index contributed by atoms with van der Waals surface area (Å²) in [7, 11) is 0. The molecule has 0 unspecified atom stereocenters. The van der Waals surface area contributed by atoms with Crippen LogP contribution in [0.4, 0.5) is 4.39 Å². The van der Waals surface area contributed by atoms with Crippen molar-refractivity contribution in [2.45, 2.75) is 13.5 Å². The van der Waals surface area contributed by atoms with Crippen LogP contribution in [0.15, 0.2) is 28.9 Å². The number of hydrogen-bond donors (Lipinski definition) is 0. The monoisotopic (exact) mass is 269 g/mol. The SMILES string of the molecule is Cc1nn(Cc2ccc(F)cc2)nc1Br. The molecule has 0 spiro atoms. The van der Waals surface area contributed by atoms with Crippen LogP contribution >= 0.6 is 15.9 Å². The molecule has 0 bridgehead atoms. The van der Waals surface area contributed by atoms with Gasteiger partial charge in [0.25, 0.3) is 0 Å². The van der Waals surface area contributed by atoms with Crippen molar-refractivity contribution in [1.82, 2.24) is 15.0 Å². The highest BCUT2D eigenvalue weighted by Gasteiger charge is 2.03. The van der Waals surface area contributed by atoms with Crippen molar-refractivity contribution in [3.8, 4) is 0 Å². The number of aryl methyl sites for hydroxylation is 1. The third kappa shape index (κ3) is 2.41. The minimum absolute atomic E-state index is 0.232. The fourth-order valence-corrected chi connectivity index (χ4v) is 1.50. The van der Waals surface area contributed by atoms with Crippen molar-refractivity contribution < 1.29 is 4.39 Å². The average Bonchev–Trinajstić information content (AvgIpc) is 2.50. The highest BCUT2D eigenvalue weighted by atomic mass is 79.9. The van der Waals surface area contributed by atoms with E-state index in [1.54, 1.807) is 16.9 Å². The largest absolute Gasteiger partial charge is 0.207 e. The van der Waals surface area contributed by atoms with Crippen LogP contribution in [0.25, 0.3) is 0 Å². The molecule has 2 aromatic rings. The molecule has 5 heteroatoms. The molecule has 0 N–H and O–H groups in total. The molecule has 0 amide bonds. The third-order valence-corrected chi connectivity index (χ3v) is 2.74. The van der Waals surface area contributed by atoms with Gasteiger partial charge in [-0.15, -0.1) is 5.10 Å². The van der Waals surface area contributed by atoms with E-state index in [2.05, 4.69) is 26.1 Å². The standard InChI is InChI=1S/C10H9BrFN3/c1-7-10(11)14-15(13-7)6-8-2-4-9(12)5-3-8/h2-5H,6H2,1H3. The molecular weight excluding hydrogens is 261 g/mol. The highest BCUT2D eigenvalue weighted by molar-refractivity contribution is 9.10. The van der Waals surface area contributed by atoms with Crippen molar-refractivity contribution in [2.24, 2.45) is 0 Å². The summed E-state index contributed by atoms with van der Waals surface area (Å²) in [6, 6.07) is 6.31. The van der Waals surface area contributed by atoms with Crippen LogP contribution < -0.4 is 0 Å². The second-order valence-electron chi connectivity index (χ2n) is 3.23. The first-order valence-corrected chi connectivity index (χ1v) is 5.26. The zero-order valence-electron chi connectivity index (χ0n) is 8.11. The highest BCUT2D eigenvalue weighted by Crippen LogP contribution is 2.10. The summed E-state index contributed by atoms with van der Waals surface area (Å²) in [4.78, 5) is 1.58. The van der Waals surface area contributed by atoms with Gasteiger partial charge in [-0.25, -0.2) is 4.39 Å². The fraction of sp³-hybridized carbons (Fsp3) is 0.200. The lowest BCUT2D eigenvalue weighted by molar-refractivity contribution is 0.582. The van der Waals surface area contributed by atoms with Crippen LogP contribution in [0.1, 0.15) is 11.3 Å². The van der Waals surface area contributed by atoms with E-state index in [1.807, 2.05) is 6.92 Å². The van der Waals surface area contributed by atoms with E-state index in [0.29, 0.717) is 6.54 Å². The summed E-state index contributed by atoms with van der Waals surface area (Å²) in [5, 5.41) is 8.35. The van der Waals surface area contributed by atoms with Crippen LogP contribution in [0.5, 0.6) is 0 Å². The van der Waals surface area contributed by atoms with Gasteiger partial charge in [-0.1, -0.05) is 12.1 Å². The van der Waals surface area contributed by atoms with Gasteiger partial charge < -0.3 is 0 Å². The Labute approximate surface area is 95.0 Å². The van der Waals surface area contributed by atoms with E-state index in [1.165, 1.54) is 12.1 Å². The quantitative estimate of drug-likeness (QED) is 0.839. The van der Waals surface area contributed by atoms with E-state index in [0.717, 1.165) is 15.9 Å². The Morgan fingerprint density at radius 1 is 1.27 bits per heavy atom. The minimum atomic E-state index is -0.232. The van der Waals surface area contributed by atoms with Crippen LogP contribution in [-0.2, 0) is 6.54 Å². The first-order valence-electron chi connectivity index (χ1n) is 4.47. The predicted molar refractivity (Wildman–Crippen MR) is 58.0 cm³/mol. The molecule has 1 aromatic carbocycles. The normalized spacial score (nSPS) is 10.6. The fourth-order valence-electron chi connectivity index (χ4n) is 1.23. The molecule has 15 heavy (non-hydrogen) atoms.